The number of rotatable bonds is 4. The first-order valence-corrected chi connectivity index (χ1v) is 7.95. The van der Waals surface area contributed by atoms with Gasteiger partial charge in [0.25, 0.3) is 0 Å². The van der Waals surface area contributed by atoms with Crippen LogP contribution in [0, 0.1) is 6.92 Å². The molecule has 0 radical (unpaired) electrons. The van der Waals surface area contributed by atoms with E-state index in [0.717, 1.165) is 11.3 Å². The highest BCUT2D eigenvalue weighted by Crippen LogP contribution is 2.22. The highest BCUT2D eigenvalue weighted by atomic mass is 16.6. The van der Waals surface area contributed by atoms with Crippen LogP contribution in [0.15, 0.2) is 48.5 Å². The Labute approximate surface area is 147 Å². The van der Waals surface area contributed by atoms with E-state index in [-0.39, 0.29) is 6.10 Å². The van der Waals surface area contributed by atoms with Crippen molar-refractivity contribution in [1.82, 2.24) is 0 Å². The first-order valence-electron chi connectivity index (χ1n) is 7.95. The van der Waals surface area contributed by atoms with Crippen LogP contribution < -0.4 is 15.0 Å². The predicted octanol–water partition coefficient (Wildman–Crippen LogP) is 4.59. The van der Waals surface area contributed by atoms with Crippen molar-refractivity contribution in [2.75, 3.05) is 17.3 Å². The highest BCUT2D eigenvalue weighted by Gasteiger charge is 2.15. The van der Waals surface area contributed by atoms with E-state index >= 15 is 0 Å². The van der Waals surface area contributed by atoms with E-state index in [0.29, 0.717) is 11.4 Å². The molecule has 2 rings (SSSR count). The topological polar surface area (TPSA) is 67.9 Å². The van der Waals surface area contributed by atoms with Crippen molar-refractivity contribution < 1.29 is 19.1 Å². The van der Waals surface area contributed by atoms with Gasteiger partial charge in [0.1, 0.15) is 5.75 Å². The molecule has 0 fully saturated rings. The summed E-state index contributed by atoms with van der Waals surface area (Å²) < 4.78 is 10.4. The Hall–Kier alpha value is -3.02. The zero-order valence-electron chi connectivity index (χ0n) is 14.8. The number of anilines is 2. The molecule has 2 amide bonds. The second-order valence-electron chi connectivity index (χ2n) is 5.82. The molecule has 0 aromatic heterocycles. The molecule has 0 saturated carbocycles. The minimum atomic E-state index is -0.560. The number of carbonyl (C=O) groups is 2. The molecule has 0 unspecified atom stereocenters. The van der Waals surface area contributed by atoms with Crippen molar-refractivity contribution in [3.05, 3.63) is 54.1 Å². The van der Waals surface area contributed by atoms with Crippen molar-refractivity contribution >= 4 is 23.6 Å². The summed E-state index contributed by atoms with van der Waals surface area (Å²) in [5.74, 6) is 0.327. The van der Waals surface area contributed by atoms with Crippen LogP contribution >= 0.6 is 0 Å². The van der Waals surface area contributed by atoms with Gasteiger partial charge >= 0.3 is 12.2 Å². The van der Waals surface area contributed by atoms with Crippen molar-refractivity contribution in [1.29, 1.82) is 0 Å². The second kappa shape index (κ2) is 8.19. The molecular formula is C19H22N2O4. The Kier molecular flexibility index (Phi) is 6.00. The third-order valence-electron chi connectivity index (χ3n) is 3.38. The molecule has 2 aromatic rings. The molecule has 0 aliphatic rings. The number of para-hydroxylation sites is 1. The SMILES string of the molecule is Cc1ccccc1N(C)C(=O)Oc1cccc(NC(=O)OC(C)C)c1. The predicted molar refractivity (Wildman–Crippen MR) is 97.3 cm³/mol. The van der Waals surface area contributed by atoms with Gasteiger partial charge in [0.2, 0.25) is 0 Å². The van der Waals surface area contributed by atoms with E-state index in [1.165, 1.54) is 4.90 Å². The molecule has 6 heteroatoms. The fourth-order valence-corrected chi connectivity index (χ4v) is 2.21. The Morgan fingerprint density at radius 1 is 1.08 bits per heavy atom. The second-order valence-corrected chi connectivity index (χ2v) is 5.82. The quantitative estimate of drug-likeness (QED) is 0.882. The van der Waals surface area contributed by atoms with E-state index in [9.17, 15) is 9.59 Å². The molecular weight excluding hydrogens is 320 g/mol. The third-order valence-corrected chi connectivity index (χ3v) is 3.38. The summed E-state index contributed by atoms with van der Waals surface area (Å²) in [4.78, 5) is 25.4. The number of carbonyl (C=O) groups excluding carboxylic acids is 2. The van der Waals surface area contributed by atoms with Gasteiger partial charge < -0.3 is 9.47 Å². The van der Waals surface area contributed by atoms with Gasteiger partial charge in [-0.25, -0.2) is 9.59 Å². The monoisotopic (exact) mass is 342 g/mol. The Morgan fingerprint density at radius 2 is 1.80 bits per heavy atom. The van der Waals surface area contributed by atoms with Crippen LogP contribution in [-0.2, 0) is 4.74 Å². The van der Waals surface area contributed by atoms with E-state index in [1.54, 1.807) is 45.2 Å². The smallest absolute Gasteiger partial charge is 0.419 e. The number of hydrogen-bond acceptors (Lipinski definition) is 4. The van der Waals surface area contributed by atoms with Crippen molar-refractivity contribution in [2.45, 2.75) is 26.9 Å². The Morgan fingerprint density at radius 3 is 2.48 bits per heavy atom. The molecule has 0 aliphatic heterocycles. The van der Waals surface area contributed by atoms with Crippen LogP contribution in [0.2, 0.25) is 0 Å². The van der Waals surface area contributed by atoms with Crippen LogP contribution in [0.4, 0.5) is 21.0 Å². The van der Waals surface area contributed by atoms with Crippen LogP contribution in [0.1, 0.15) is 19.4 Å². The largest absolute Gasteiger partial charge is 0.447 e. The number of nitrogens with zero attached hydrogens (tertiary/aromatic N) is 1. The maximum absolute atomic E-state index is 12.3. The van der Waals surface area contributed by atoms with Crippen LogP contribution in [0.5, 0.6) is 5.75 Å². The van der Waals surface area contributed by atoms with E-state index in [2.05, 4.69) is 5.32 Å². The lowest BCUT2D eigenvalue weighted by Gasteiger charge is -2.19. The lowest BCUT2D eigenvalue weighted by Crippen LogP contribution is -2.30. The number of ether oxygens (including phenoxy) is 2. The summed E-state index contributed by atoms with van der Waals surface area (Å²) in [7, 11) is 1.65. The molecule has 6 nitrogen and oxygen atoms in total. The summed E-state index contributed by atoms with van der Waals surface area (Å²) in [5, 5.41) is 2.59. The van der Waals surface area contributed by atoms with Crippen molar-refractivity contribution in [3.8, 4) is 5.75 Å². The molecule has 0 heterocycles. The lowest BCUT2D eigenvalue weighted by molar-refractivity contribution is 0.130. The number of benzene rings is 2. The number of aryl methyl sites for hydroxylation is 1. The van der Waals surface area contributed by atoms with Crippen molar-refractivity contribution in [2.24, 2.45) is 0 Å². The summed E-state index contributed by atoms with van der Waals surface area (Å²) >= 11 is 0. The van der Waals surface area contributed by atoms with Gasteiger partial charge in [-0.05, 0) is 44.5 Å². The molecule has 0 spiro atoms. The van der Waals surface area contributed by atoms with E-state index < -0.39 is 12.2 Å². The molecule has 132 valence electrons. The van der Waals surface area contributed by atoms with E-state index in [1.807, 2.05) is 31.2 Å². The normalized spacial score (nSPS) is 10.3. The minimum absolute atomic E-state index is 0.219. The van der Waals surface area contributed by atoms with Gasteiger partial charge in [-0.15, -0.1) is 0 Å². The molecule has 0 atom stereocenters. The summed E-state index contributed by atoms with van der Waals surface area (Å²) in [6, 6.07) is 14.1. The fourth-order valence-electron chi connectivity index (χ4n) is 2.21. The minimum Gasteiger partial charge on any atom is -0.447 e. The Bertz CT molecular complexity index is 759. The first-order chi connectivity index (χ1) is 11.9. The molecule has 2 aromatic carbocycles. The molecule has 1 N–H and O–H groups in total. The molecule has 0 aliphatic carbocycles. The first kappa shape index (κ1) is 18.3. The Balaban J connectivity index is 2.05. The van der Waals surface area contributed by atoms with Gasteiger partial charge in [0.05, 0.1) is 6.10 Å². The lowest BCUT2D eigenvalue weighted by atomic mass is 10.2. The highest BCUT2D eigenvalue weighted by molar-refractivity contribution is 5.90. The van der Waals surface area contributed by atoms with Gasteiger partial charge in [-0.3, -0.25) is 10.2 Å². The number of hydrogen-bond donors (Lipinski definition) is 1. The van der Waals surface area contributed by atoms with Crippen LogP contribution in [0.3, 0.4) is 0 Å². The molecule has 0 bridgehead atoms. The average Bonchev–Trinajstić information content (AvgIpc) is 2.54. The third kappa shape index (κ3) is 5.24. The zero-order valence-corrected chi connectivity index (χ0v) is 14.8. The standard InChI is InChI=1S/C19H22N2O4/c1-13(2)24-18(22)20-15-9-7-10-16(12-15)25-19(23)21(4)17-11-6-5-8-14(17)3/h5-13H,1-4H3,(H,20,22). The fraction of sp³-hybridized carbons (Fsp3) is 0.263. The maximum atomic E-state index is 12.3. The summed E-state index contributed by atoms with van der Waals surface area (Å²) in [5.41, 5.74) is 2.21. The number of nitrogens with one attached hydrogen (secondary N) is 1. The average molecular weight is 342 g/mol. The van der Waals surface area contributed by atoms with Crippen LogP contribution in [0.25, 0.3) is 0 Å². The van der Waals surface area contributed by atoms with Gasteiger partial charge in [-0.2, -0.15) is 0 Å². The van der Waals surface area contributed by atoms with Crippen LogP contribution in [-0.4, -0.2) is 25.3 Å². The van der Waals surface area contributed by atoms with Gasteiger partial charge in [0.15, 0.2) is 0 Å². The molecule has 0 saturated heterocycles. The van der Waals surface area contributed by atoms with Crippen molar-refractivity contribution in [3.63, 3.8) is 0 Å². The molecule has 25 heavy (non-hydrogen) atoms. The maximum Gasteiger partial charge on any atom is 0.419 e. The summed E-state index contributed by atoms with van der Waals surface area (Å²) in [6.45, 7) is 5.45. The zero-order chi connectivity index (χ0) is 18.4. The van der Waals surface area contributed by atoms with Gasteiger partial charge in [-0.1, -0.05) is 24.3 Å². The number of amides is 2. The van der Waals surface area contributed by atoms with E-state index in [4.69, 9.17) is 9.47 Å². The van der Waals surface area contributed by atoms with Gasteiger partial charge in [0, 0.05) is 24.5 Å². The summed E-state index contributed by atoms with van der Waals surface area (Å²) in [6.07, 6.45) is -1.30.